The summed E-state index contributed by atoms with van der Waals surface area (Å²) in [7, 11) is 1.53. The van der Waals surface area contributed by atoms with Crippen molar-refractivity contribution in [2.45, 2.75) is 46.5 Å². The molecule has 0 aliphatic heterocycles. The fourth-order valence-electron chi connectivity index (χ4n) is 2.66. The van der Waals surface area contributed by atoms with Crippen molar-refractivity contribution in [1.82, 2.24) is 15.2 Å². The SMILES string of the molecule is CCCCCc1nnc(NC(=O)c2[nH]c(C)c(C(=O)OCCOC)c2C)s1. The molecule has 2 N–H and O–H groups in total. The fraction of sp³-hybridized carbons (Fsp3) is 0.556. The highest BCUT2D eigenvalue weighted by molar-refractivity contribution is 7.15. The maximum absolute atomic E-state index is 12.6. The molecule has 8 nitrogen and oxygen atoms in total. The number of amides is 1. The van der Waals surface area contributed by atoms with Crippen molar-refractivity contribution in [3.8, 4) is 0 Å². The molecule has 9 heteroatoms. The van der Waals surface area contributed by atoms with Crippen LogP contribution in [-0.4, -0.2) is 47.4 Å². The van der Waals surface area contributed by atoms with Gasteiger partial charge in [0.1, 0.15) is 17.3 Å². The van der Waals surface area contributed by atoms with Gasteiger partial charge in [-0.25, -0.2) is 4.79 Å². The van der Waals surface area contributed by atoms with Crippen LogP contribution in [0.4, 0.5) is 5.13 Å². The molecule has 27 heavy (non-hydrogen) atoms. The highest BCUT2D eigenvalue weighted by Crippen LogP contribution is 2.22. The van der Waals surface area contributed by atoms with Crippen LogP contribution in [-0.2, 0) is 15.9 Å². The van der Waals surface area contributed by atoms with Gasteiger partial charge in [0.15, 0.2) is 0 Å². The van der Waals surface area contributed by atoms with Gasteiger partial charge in [0.2, 0.25) is 5.13 Å². The lowest BCUT2D eigenvalue weighted by molar-refractivity contribution is 0.0387. The highest BCUT2D eigenvalue weighted by Gasteiger charge is 2.23. The van der Waals surface area contributed by atoms with Crippen LogP contribution in [0.5, 0.6) is 0 Å². The summed E-state index contributed by atoms with van der Waals surface area (Å²) < 4.78 is 10.0. The smallest absolute Gasteiger partial charge is 0.340 e. The van der Waals surface area contributed by atoms with Gasteiger partial charge in [0.25, 0.3) is 5.91 Å². The Balaban J connectivity index is 2.04. The van der Waals surface area contributed by atoms with Crippen LogP contribution in [0.1, 0.15) is 63.3 Å². The third kappa shape index (κ3) is 5.61. The second-order valence-corrected chi connectivity index (χ2v) is 7.23. The Morgan fingerprint density at radius 1 is 1.19 bits per heavy atom. The standard InChI is InChI=1S/C18H26N4O4S/c1-5-6-7-8-13-21-22-18(27-13)20-16(23)15-11(2)14(12(3)19-15)17(24)26-10-9-25-4/h19H,5-10H2,1-4H3,(H,20,22,23). The quantitative estimate of drug-likeness (QED) is 0.473. The van der Waals surface area contributed by atoms with Crippen molar-refractivity contribution in [1.29, 1.82) is 0 Å². The van der Waals surface area contributed by atoms with Crippen LogP contribution < -0.4 is 5.32 Å². The predicted molar refractivity (Wildman–Crippen MR) is 104 cm³/mol. The number of H-pyrrole nitrogens is 1. The third-order valence-electron chi connectivity index (χ3n) is 4.07. The summed E-state index contributed by atoms with van der Waals surface area (Å²) >= 11 is 1.37. The van der Waals surface area contributed by atoms with Crippen molar-refractivity contribution in [2.24, 2.45) is 0 Å². The number of esters is 1. The topological polar surface area (TPSA) is 106 Å². The lowest BCUT2D eigenvalue weighted by Gasteiger charge is -2.05. The molecule has 2 rings (SSSR count). The van der Waals surface area contributed by atoms with E-state index in [4.69, 9.17) is 9.47 Å². The molecule has 0 aliphatic carbocycles. The molecule has 0 bridgehead atoms. The van der Waals surface area contributed by atoms with E-state index in [1.54, 1.807) is 13.8 Å². The minimum absolute atomic E-state index is 0.159. The Kier molecular flexibility index (Phi) is 7.93. The number of anilines is 1. The molecule has 0 aromatic carbocycles. The summed E-state index contributed by atoms with van der Waals surface area (Å²) in [5, 5.41) is 12.2. The van der Waals surface area contributed by atoms with Crippen LogP contribution in [0.15, 0.2) is 0 Å². The first-order valence-corrected chi connectivity index (χ1v) is 9.78. The summed E-state index contributed by atoms with van der Waals surface area (Å²) in [6, 6.07) is 0. The van der Waals surface area contributed by atoms with Gasteiger partial charge in [-0.1, -0.05) is 31.1 Å². The van der Waals surface area contributed by atoms with Gasteiger partial charge in [-0.3, -0.25) is 10.1 Å². The van der Waals surface area contributed by atoms with Crippen LogP contribution in [0.25, 0.3) is 0 Å². The van der Waals surface area contributed by atoms with Gasteiger partial charge in [-0.05, 0) is 25.8 Å². The average Bonchev–Trinajstić information content (AvgIpc) is 3.19. The Bertz CT molecular complexity index is 784. The number of aromatic amines is 1. The monoisotopic (exact) mass is 394 g/mol. The Hall–Kier alpha value is -2.26. The maximum atomic E-state index is 12.6. The number of aromatic nitrogens is 3. The molecule has 0 radical (unpaired) electrons. The summed E-state index contributed by atoms with van der Waals surface area (Å²) in [6.07, 6.45) is 4.21. The number of ether oxygens (including phenoxy) is 2. The lowest BCUT2D eigenvalue weighted by atomic mass is 10.1. The number of rotatable bonds is 10. The van der Waals surface area contributed by atoms with E-state index >= 15 is 0 Å². The van der Waals surface area contributed by atoms with Gasteiger partial charge in [-0.2, -0.15) is 0 Å². The number of nitrogens with one attached hydrogen (secondary N) is 2. The molecule has 2 aromatic heterocycles. The summed E-state index contributed by atoms with van der Waals surface area (Å²) in [5.74, 6) is -0.839. The fourth-order valence-corrected chi connectivity index (χ4v) is 3.44. The van der Waals surface area contributed by atoms with Crippen LogP contribution in [0.3, 0.4) is 0 Å². The van der Waals surface area contributed by atoms with E-state index in [9.17, 15) is 9.59 Å². The van der Waals surface area contributed by atoms with Crippen LogP contribution >= 0.6 is 11.3 Å². The molecule has 0 saturated heterocycles. The van der Waals surface area contributed by atoms with Gasteiger partial charge in [-0.15, -0.1) is 10.2 Å². The molecule has 0 spiro atoms. The van der Waals surface area contributed by atoms with E-state index in [0.717, 1.165) is 30.7 Å². The molecular formula is C18H26N4O4S. The van der Waals surface area contributed by atoms with Gasteiger partial charge in [0.05, 0.1) is 12.2 Å². The molecule has 0 saturated carbocycles. The third-order valence-corrected chi connectivity index (χ3v) is 4.97. The lowest BCUT2D eigenvalue weighted by Crippen LogP contribution is -2.14. The zero-order valence-corrected chi connectivity index (χ0v) is 17.0. The number of hydrogen-bond donors (Lipinski definition) is 2. The number of hydrogen-bond acceptors (Lipinski definition) is 7. The van der Waals surface area contributed by atoms with E-state index in [0.29, 0.717) is 34.3 Å². The normalized spacial score (nSPS) is 10.8. The molecular weight excluding hydrogens is 368 g/mol. The van der Waals surface area contributed by atoms with E-state index in [2.05, 4.69) is 27.4 Å². The average molecular weight is 394 g/mol. The Labute approximate surface area is 162 Å². The maximum Gasteiger partial charge on any atom is 0.340 e. The number of carbonyl (C=O) groups excluding carboxylic acids is 2. The number of unbranched alkanes of at least 4 members (excludes halogenated alkanes) is 2. The van der Waals surface area contributed by atoms with Gasteiger partial charge >= 0.3 is 5.97 Å². The summed E-state index contributed by atoms with van der Waals surface area (Å²) in [4.78, 5) is 27.8. The van der Waals surface area contributed by atoms with Crippen molar-refractivity contribution < 1.29 is 19.1 Å². The van der Waals surface area contributed by atoms with Crippen molar-refractivity contribution in [2.75, 3.05) is 25.6 Å². The summed E-state index contributed by atoms with van der Waals surface area (Å²) in [6.45, 7) is 6.06. The molecule has 2 heterocycles. The number of nitrogens with zero attached hydrogens (tertiary/aromatic N) is 2. The van der Waals surface area contributed by atoms with E-state index in [-0.39, 0.29) is 12.5 Å². The second-order valence-electron chi connectivity index (χ2n) is 6.17. The molecule has 2 aromatic rings. The zero-order chi connectivity index (χ0) is 19.8. The number of aryl methyl sites for hydroxylation is 2. The Morgan fingerprint density at radius 2 is 1.96 bits per heavy atom. The molecule has 148 valence electrons. The van der Waals surface area contributed by atoms with E-state index < -0.39 is 5.97 Å². The zero-order valence-electron chi connectivity index (χ0n) is 16.2. The van der Waals surface area contributed by atoms with Crippen molar-refractivity contribution in [3.63, 3.8) is 0 Å². The number of methoxy groups -OCH3 is 1. The van der Waals surface area contributed by atoms with Gasteiger partial charge < -0.3 is 14.5 Å². The summed E-state index contributed by atoms with van der Waals surface area (Å²) in [5.41, 5.74) is 1.81. The first-order valence-electron chi connectivity index (χ1n) is 8.96. The van der Waals surface area contributed by atoms with Crippen LogP contribution in [0, 0.1) is 13.8 Å². The van der Waals surface area contributed by atoms with Gasteiger partial charge in [0, 0.05) is 19.2 Å². The first-order chi connectivity index (χ1) is 13.0. The van der Waals surface area contributed by atoms with Crippen molar-refractivity contribution in [3.05, 3.63) is 27.5 Å². The minimum atomic E-state index is -0.480. The predicted octanol–water partition coefficient (Wildman–Crippen LogP) is 3.27. The van der Waals surface area contributed by atoms with E-state index in [1.165, 1.54) is 18.4 Å². The Morgan fingerprint density at radius 3 is 2.67 bits per heavy atom. The first kappa shape index (κ1) is 21.0. The molecule has 0 fully saturated rings. The molecule has 0 atom stereocenters. The minimum Gasteiger partial charge on any atom is -0.460 e. The van der Waals surface area contributed by atoms with Crippen LogP contribution in [0.2, 0.25) is 0 Å². The highest BCUT2D eigenvalue weighted by atomic mass is 32.1. The number of carbonyl (C=O) groups is 2. The molecule has 0 aliphatic rings. The molecule has 1 amide bonds. The largest absolute Gasteiger partial charge is 0.460 e. The second kappa shape index (κ2) is 10.2. The van der Waals surface area contributed by atoms with E-state index in [1.807, 2.05) is 0 Å². The van der Waals surface area contributed by atoms with Crippen molar-refractivity contribution >= 4 is 28.3 Å². The molecule has 0 unspecified atom stereocenters.